The minimum atomic E-state index is -1.13. The van der Waals surface area contributed by atoms with E-state index in [9.17, 15) is 19.3 Å². The Morgan fingerprint density at radius 2 is 2.25 bits per heavy atom. The number of nitro benzene ring substituents is 1. The van der Waals surface area contributed by atoms with E-state index in [0.717, 1.165) is 19.2 Å². The highest BCUT2D eigenvalue weighted by molar-refractivity contribution is 5.90. The van der Waals surface area contributed by atoms with E-state index in [1.807, 2.05) is 0 Å². The van der Waals surface area contributed by atoms with Gasteiger partial charge in [-0.05, 0) is 6.07 Å². The van der Waals surface area contributed by atoms with Gasteiger partial charge in [0.15, 0.2) is 5.56 Å². The lowest BCUT2D eigenvalue weighted by atomic mass is 10.1. The summed E-state index contributed by atoms with van der Waals surface area (Å²) in [6.07, 6.45) is 0. The Kier molecular flexibility index (Phi) is 3.15. The van der Waals surface area contributed by atoms with E-state index in [2.05, 4.69) is 4.74 Å². The van der Waals surface area contributed by atoms with Crippen LogP contribution in [0.2, 0.25) is 0 Å². The van der Waals surface area contributed by atoms with Gasteiger partial charge in [-0.3, -0.25) is 10.1 Å². The first-order chi connectivity index (χ1) is 7.51. The zero-order valence-corrected chi connectivity index (χ0v) is 8.06. The first-order valence-electron chi connectivity index (χ1n) is 3.97. The summed E-state index contributed by atoms with van der Waals surface area (Å²) in [7, 11) is 1.06. The lowest BCUT2D eigenvalue weighted by molar-refractivity contribution is -0.385. The lowest BCUT2D eigenvalue weighted by Crippen LogP contribution is -2.05. The van der Waals surface area contributed by atoms with Crippen LogP contribution in [0.1, 0.15) is 15.9 Å². The predicted molar refractivity (Wildman–Crippen MR) is 49.1 cm³/mol. The molecular formula is C9H5FN2O4. The summed E-state index contributed by atoms with van der Waals surface area (Å²) in [6, 6.07) is 2.88. The average Bonchev–Trinajstić information content (AvgIpc) is 2.26. The zero-order chi connectivity index (χ0) is 12.3. The van der Waals surface area contributed by atoms with Gasteiger partial charge in [0, 0.05) is 6.07 Å². The number of nitriles is 1. The van der Waals surface area contributed by atoms with Gasteiger partial charge in [0.25, 0.3) is 5.69 Å². The summed E-state index contributed by atoms with van der Waals surface area (Å²) in [5.41, 5.74) is -1.79. The SMILES string of the molecule is COC(=O)c1cc(F)c(C#N)c([N+](=O)[O-])c1. The van der Waals surface area contributed by atoms with Crippen LogP contribution in [0.25, 0.3) is 0 Å². The molecule has 0 bridgehead atoms. The first kappa shape index (κ1) is 11.6. The quantitative estimate of drug-likeness (QED) is 0.430. The molecule has 1 aromatic rings. The molecule has 0 saturated carbocycles. The molecule has 0 spiro atoms. The number of hydrogen-bond acceptors (Lipinski definition) is 5. The molecule has 0 aromatic heterocycles. The topological polar surface area (TPSA) is 93.2 Å². The second kappa shape index (κ2) is 4.35. The standard InChI is InChI=1S/C9H5FN2O4/c1-16-9(13)5-2-7(10)6(4-11)8(3-5)12(14)15/h2-3H,1H3. The number of carbonyl (C=O) groups excluding carboxylic acids is 1. The largest absolute Gasteiger partial charge is 0.465 e. The Bertz CT molecular complexity index is 507. The average molecular weight is 224 g/mol. The number of rotatable bonds is 2. The van der Waals surface area contributed by atoms with Gasteiger partial charge in [0.2, 0.25) is 0 Å². The Labute approximate surface area is 89.0 Å². The van der Waals surface area contributed by atoms with E-state index in [4.69, 9.17) is 5.26 Å². The molecule has 0 radical (unpaired) electrons. The van der Waals surface area contributed by atoms with Crippen molar-refractivity contribution in [3.05, 3.63) is 39.2 Å². The van der Waals surface area contributed by atoms with Gasteiger partial charge in [0.05, 0.1) is 17.6 Å². The number of methoxy groups -OCH3 is 1. The molecule has 0 N–H and O–H groups in total. The van der Waals surface area contributed by atoms with Gasteiger partial charge in [-0.2, -0.15) is 5.26 Å². The molecule has 7 heteroatoms. The smallest absolute Gasteiger partial charge is 0.338 e. The van der Waals surface area contributed by atoms with Crippen LogP contribution in [0.4, 0.5) is 10.1 Å². The fourth-order valence-electron chi connectivity index (χ4n) is 1.08. The highest BCUT2D eigenvalue weighted by Crippen LogP contribution is 2.23. The van der Waals surface area contributed by atoms with Gasteiger partial charge in [0.1, 0.15) is 11.9 Å². The van der Waals surface area contributed by atoms with E-state index in [-0.39, 0.29) is 5.56 Å². The summed E-state index contributed by atoms with van der Waals surface area (Å²) >= 11 is 0. The molecule has 0 fully saturated rings. The van der Waals surface area contributed by atoms with Crippen LogP contribution in [0, 0.1) is 27.3 Å². The van der Waals surface area contributed by atoms with E-state index >= 15 is 0 Å². The van der Waals surface area contributed by atoms with E-state index in [0.29, 0.717) is 0 Å². The Morgan fingerprint density at radius 3 is 2.69 bits per heavy atom. The van der Waals surface area contributed by atoms with Gasteiger partial charge in [-0.1, -0.05) is 0 Å². The van der Waals surface area contributed by atoms with Crippen molar-refractivity contribution >= 4 is 11.7 Å². The van der Waals surface area contributed by atoms with Gasteiger partial charge in [-0.25, -0.2) is 9.18 Å². The molecule has 1 aromatic carbocycles. The number of esters is 1. The summed E-state index contributed by atoms with van der Waals surface area (Å²) in [5.74, 6) is -2.04. The number of hydrogen-bond donors (Lipinski definition) is 0. The van der Waals surface area contributed by atoms with E-state index in [1.54, 1.807) is 0 Å². The molecular weight excluding hydrogens is 219 g/mol. The van der Waals surface area contributed by atoms with Crippen molar-refractivity contribution in [1.82, 2.24) is 0 Å². The number of ether oxygens (including phenoxy) is 1. The van der Waals surface area contributed by atoms with Crippen molar-refractivity contribution < 1.29 is 18.8 Å². The van der Waals surface area contributed by atoms with Crippen LogP contribution in [0.5, 0.6) is 0 Å². The molecule has 0 aliphatic carbocycles. The molecule has 1 rings (SSSR count). The molecule has 0 atom stereocenters. The molecule has 0 amide bonds. The van der Waals surface area contributed by atoms with Crippen molar-refractivity contribution in [2.75, 3.05) is 7.11 Å². The van der Waals surface area contributed by atoms with E-state index in [1.165, 1.54) is 6.07 Å². The van der Waals surface area contributed by atoms with Crippen molar-refractivity contribution in [3.8, 4) is 6.07 Å². The minimum Gasteiger partial charge on any atom is -0.465 e. The minimum absolute atomic E-state index is 0.314. The van der Waals surface area contributed by atoms with Crippen LogP contribution >= 0.6 is 0 Å². The normalized spacial score (nSPS) is 9.31. The maximum atomic E-state index is 13.2. The maximum absolute atomic E-state index is 13.2. The van der Waals surface area contributed by atoms with Gasteiger partial charge >= 0.3 is 5.97 Å². The molecule has 82 valence electrons. The second-order valence-corrected chi connectivity index (χ2v) is 2.71. The number of nitrogens with zero attached hydrogens (tertiary/aromatic N) is 2. The monoisotopic (exact) mass is 224 g/mol. The fourth-order valence-corrected chi connectivity index (χ4v) is 1.08. The highest BCUT2D eigenvalue weighted by atomic mass is 19.1. The fraction of sp³-hybridized carbons (Fsp3) is 0.111. The molecule has 0 unspecified atom stereocenters. The van der Waals surface area contributed by atoms with Crippen LogP contribution in [0.3, 0.4) is 0 Å². The molecule has 0 heterocycles. The molecule has 0 aliphatic heterocycles. The summed E-state index contributed by atoms with van der Waals surface area (Å²) in [4.78, 5) is 20.6. The van der Waals surface area contributed by atoms with Crippen molar-refractivity contribution in [2.45, 2.75) is 0 Å². The molecule has 0 saturated heterocycles. The second-order valence-electron chi connectivity index (χ2n) is 2.71. The van der Waals surface area contributed by atoms with E-state index < -0.39 is 28.0 Å². The Balaban J connectivity index is 3.47. The summed E-state index contributed by atoms with van der Waals surface area (Å²) < 4.78 is 17.5. The first-order valence-corrected chi connectivity index (χ1v) is 3.97. The Morgan fingerprint density at radius 1 is 1.62 bits per heavy atom. The third-order valence-electron chi connectivity index (χ3n) is 1.80. The van der Waals surface area contributed by atoms with Crippen molar-refractivity contribution in [1.29, 1.82) is 5.26 Å². The van der Waals surface area contributed by atoms with Crippen LogP contribution in [-0.2, 0) is 4.74 Å². The summed E-state index contributed by atoms with van der Waals surface area (Å²) in [5, 5.41) is 19.1. The number of benzene rings is 1. The molecule has 16 heavy (non-hydrogen) atoms. The van der Waals surface area contributed by atoms with Crippen LogP contribution < -0.4 is 0 Å². The lowest BCUT2D eigenvalue weighted by Gasteiger charge is -2.01. The highest BCUT2D eigenvalue weighted by Gasteiger charge is 2.22. The molecule has 6 nitrogen and oxygen atoms in total. The maximum Gasteiger partial charge on any atom is 0.338 e. The number of halogens is 1. The van der Waals surface area contributed by atoms with Crippen molar-refractivity contribution in [3.63, 3.8) is 0 Å². The summed E-state index contributed by atoms with van der Waals surface area (Å²) in [6.45, 7) is 0. The predicted octanol–water partition coefficient (Wildman–Crippen LogP) is 1.39. The van der Waals surface area contributed by atoms with Crippen LogP contribution in [-0.4, -0.2) is 18.0 Å². The van der Waals surface area contributed by atoms with Gasteiger partial charge < -0.3 is 4.74 Å². The van der Waals surface area contributed by atoms with Gasteiger partial charge in [-0.15, -0.1) is 0 Å². The number of carbonyl (C=O) groups is 1. The molecule has 0 aliphatic rings. The Hall–Kier alpha value is -2.49. The number of nitro groups is 1. The third-order valence-corrected chi connectivity index (χ3v) is 1.80. The van der Waals surface area contributed by atoms with Crippen molar-refractivity contribution in [2.24, 2.45) is 0 Å². The zero-order valence-electron chi connectivity index (χ0n) is 8.06. The van der Waals surface area contributed by atoms with Crippen LogP contribution in [0.15, 0.2) is 12.1 Å². The third kappa shape index (κ3) is 1.95.